The first kappa shape index (κ1) is 12.1. The maximum absolute atomic E-state index is 5.88. The lowest BCUT2D eigenvalue weighted by atomic mass is 10.1. The van der Waals surface area contributed by atoms with Crippen molar-refractivity contribution in [1.82, 2.24) is 9.88 Å². The molecule has 3 nitrogen and oxygen atoms in total. The second-order valence-electron chi connectivity index (χ2n) is 5.56. The number of aromatic nitrogens is 1. The van der Waals surface area contributed by atoms with Gasteiger partial charge in [0.25, 0.3) is 0 Å². The molecule has 1 aromatic rings. The predicted octanol–water partition coefficient (Wildman–Crippen LogP) is 2.65. The normalized spacial score (nSPS) is 26.6. The number of hydrogen-bond acceptors (Lipinski definition) is 3. The van der Waals surface area contributed by atoms with E-state index < -0.39 is 0 Å². The lowest BCUT2D eigenvalue weighted by molar-refractivity contribution is -0.0344. The Balaban J connectivity index is 1.58. The fraction of sp³-hybridized carbons (Fsp3) is 0.667. The van der Waals surface area contributed by atoms with E-state index in [-0.39, 0.29) is 6.10 Å². The molecule has 3 heteroatoms. The van der Waals surface area contributed by atoms with Crippen molar-refractivity contribution in [1.29, 1.82) is 0 Å². The van der Waals surface area contributed by atoms with Gasteiger partial charge < -0.3 is 4.74 Å². The van der Waals surface area contributed by atoms with E-state index in [0.717, 1.165) is 25.6 Å². The van der Waals surface area contributed by atoms with E-state index in [1.165, 1.54) is 37.8 Å². The van der Waals surface area contributed by atoms with E-state index in [1.807, 2.05) is 18.5 Å². The lowest BCUT2D eigenvalue weighted by Crippen LogP contribution is -2.40. The highest BCUT2D eigenvalue weighted by Gasteiger charge is 2.25. The second-order valence-corrected chi connectivity index (χ2v) is 5.56. The van der Waals surface area contributed by atoms with Crippen LogP contribution >= 0.6 is 0 Å². The zero-order chi connectivity index (χ0) is 12.2. The van der Waals surface area contributed by atoms with Crippen LogP contribution in [-0.4, -0.2) is 36.1 Å². The Morgan fingerprint density at radius 3 is 3.00 bits per heavy atom. The molecule has 0 aromatic carbocycles. The van der Waals surface area contributed by atoms with Gasteiger partial charge in [0.1, 0.15) is 0 Å². The number of nitrogens with zero attached hydrogens (tertiary/aromatic N) is 2. The number of rotatable bonds is 3. The fourth-order valence-electron chi connectivity index (χ4n) is 3.19. The first-order valence-electron chi connectivity index (χ1n) is 7.16. The summed E-state index contributed by atoms with van der Waals surface area (Å²) in [6.07, 6.45) is 9.69. The smallest absolute Gasteiger partial charge is 0.0967 e. The summed E-state index contributed by atoms with van der Waals surface area (Å²) in [5.74, 6) is 0.928. The largest absolute Gasteiger partial charge is 0.371 e. The Labute approximate surface area is 109 Å². The van der Waals surface area contributed by atoms with Crippen LogP contribution in [0.1, 0.15) is 37.4 Å². The standard InChI is InChI=1S/C15H22N2O/c1-2-5-13(4-1)11-17-8-9-18-15(12-17)14-6-3-7-16-10-14/h3,6-7,10,13,15H,1-2,4-5,8-9,11-12H2/t15-/m0/s1. The molecule has 98 valence electrons. The molecule has 1 saturated carbocycles. The van der Waals surface area contributed by atoms with Crippen LogP contribution in [-0.2, 0) is 4.74 Å². The Hall–Kier alpha value is -0.930. The van der Waals surface area contributed by atoms with Crippen LogP contribution in [0.15, 0.2) is 24.5 Å². The van der Waals surface area contributed by atoms with Crippen LogP contribution in [0, 0.1) is 5.92 Å². The highest BCUT2D eigenvalue weighted by Crippen LogP contribution is 2.28. The van der Waals surface area contributed by atoms with Crippen LogP contribution in [0.4, 0.5) is 0 Å². The molecule has 1 saturated heterocycles. The van der Waals surface area contributed by atoms with Gasteiger partial charge in [0.15, 0.2) is 0 Å². The maximum atomic E-state index is 5.88. The molecular formula is C15H22N2O. The van der Waals surface area contributed by atoms with Crippen molar-refractivity contribution < 1.29 is 4.74 Å². The van der Waals surface area contributed by atoms with Gasteiger partial charge in [-0.15, -0.1) is 0 Å². The third-order valence-corrected chi connectivity index (χ3v) is 4.20. The number of morpholine rings is 1. The van der Waals surface area contributed by atoms with E-state index in [2.05, 4.69) is 16.0 Å². The van der Waals surface area contributed by atoms with Crippen molar-refractivity contribution in [3.8, 4) is 0 Å². The summed E-state index contributed by atoms with van der Waals surface area (Å²) in [4.78, 5) is 6.77. The summed E-state index contributed by atoms with van der Waals surface area (Å²) in [6.45, 7) is 4.24. The minimum atomic E-state index is 0.217. The van der Waals surface area contributed by atoms with Gasteiger partial charge in [0.05, 0.1) is 12.7 Å². The van der Waals surface area contributed by atoms with Crippen molar-refractivity contribution >= 4 is 0 Å². The van der Waals surface area contributed by atoms with Crippen LogP contribution < -0.4 is 0 Å². The molecule has 2 fully saturated rings. The first-order valence-corrected chi connectivity index (χ1v) is 7.16. The van der Waals surface area contributed by atoms with Gasteiger partial charge in [-0.1, -0.05) is 18.9 Å². The molecule has 1 atom stereocenters. The molecule has 1 aliphatic carbocycles. The highest BCUT2D eigenvalue weighted by atomic mass is 16.5. The first-order chi connectivity index (χ1) is 8.92. The molecule has 2 aliphatic rings. The Bertz CT molecular complexity index is 362. The highest BCUT2D eigenvalue weighted by molar-refractivity contribution is 5.13. The second kappa shape index (κ2) is 5.81. The summed E-state index contributed by atoms with van der Waals surface area (Å²) >= 11 is 0. The van der Waals surface area contributed by atoms with Gasteiger partial charge in [-0.2, -0.15) is 0 Å². The molecular weight excluding hydrogens is 224 g/mol. The summed E-state index contributed by atoms with van der Waals surface area (Å²) < 4.78 is 5.88. The van der Waals surface area contributed by atoms with Crippen molar-refractivity contribution in [2.75, 3.05) is 26.2 Å². The maximum Gasteiger partial charge on any atom is 0.0967 e. The average Bonchev–Trinajstić information content (AvgIpc) is 2.93. The Morgan fingerprint density at radius 2 is 2.22 bits per heavy atom. The molecule has 0 bridgehead atoms. The lowest BCUT2D eigenvalue weighted by Gasteiger charge is -2.34. The molecule has 0 radical (unpaired) electrons. The summed E-state index contributed by atoms with van der Waals surface area (Å²) in [6, 6.07) is 4.12. The van der Waals surface area contributed by atoms with Gasteiger partial charge in [-0.25, -0.2) is 0 Å². The van der Waals surface area contributed by atoms with Gasteiger partial charge in [-0.05, 0) is 24.8 Å². The molecule has 0 N–H and O–H groups in total. The van der Waals surface area contributed by atoms with E-state index in [0.29, 0.717) is 0 Å². The number of pyridine rings is 1. The number of ether oxygens (including phenoxy) is 1. The third kappa shape index (κ3) is 2.90. The predicted molar refractivity (Wildman–Crippen MR) is 71.3 cm³/mol. The molecule has 1 aliphatic heterocycles. The van der Waals surface area contributed by atoms with Crippen molar-refractivity contribution in [2.24, 2.45) is 5.92 Å². The van der Waals surface area contributed by atoms with Gasteiger partial charge in [0.2, 0.25) is 0 Å². The van der Waals surface area contributed by atoms with Crippen LogP contribution in [0.3, 0.4) is 0 Å². The SMILES string of the molecule is c1cncc([C@@H]2CN(CC3CCCC3)CCO2)c1. The molecule has 2 heterocycles. The van der Waals surface area contributed by atoms with Crippen LogP contribution in [0.5, 0.6) is 0 Å². The Morgan fingerprint density at radius 1 is 1.33 bits per heavy atom. The van der Waals surface area contributed by atoms with Gasteiger partial charge in [-0.3, -0.25) is 9.88 Å². The monoisotopic (exact) mass is 246 g/mol. The minimum Gasteiger partial charge on any atom is -0.371 e. The molecule has 1 aromatic heterocycles. The molecule has 0 unspecified atom stereocenters. The fourth-order valence-corrected chi connectivity index (χ4v) is 3.19. The van der Waals surface area contributed by atoms with E-state index in [9.17, 15) is 0 Å². The molecule has 18 heavy (non-hydrogen) atoms. The summed E-state index contributed by atoms with van der Waals surface area (Å²) in [7, 11) is 0. The number of hydrogen-bond donors (Lipinski definition) is 0. The van der Waals surface area contributed by atoms with E-state index in [4.69, 9.17) is 4.74 Å². The summed E-state index contributed by atoms with van der Waals surface area (Å²) in [5.41, 5.74) is 1.22. The zero-order valence-corrected chi connectivity index (χ0v) is 10.9. The average molecular weight is 246 g/mol. The van der Waals surface area contributed by atoms with Gasteiger partial charge in [0, 0.05) is 37.6 Å². The van der Waals surface area contributed by atoms with Crippen molar-refractivity contribution in [2.45, 2.75) is 31.8 Å². The van der Waals surface area contributed by atoms with Crippen molar-refractivity contribution in [3.05, 3.63) is 30.1 Å². The topological polar surface area (TPSA) is 25.4 Å². The molecule has 0 spiro atoms. The van der Waals surface area contributed by atoms with E-state index in [1.54, 1.807) is 0 Å². The van der Waals surface area contributed by atoms with E-state index >= 15 is 0 Å². The zero-order valence-electron chi connectivity index (χ0n) is 10.9. The van der Waals surface area contributed by atoms with Crippen molar-refractivity contribution in [3.63, 3.8) is 0 Å². The van der Waals surface area contributed by atoms with Crippen LogP contribution in [0.25, 0.3) is 0 Å². The minimum absolute atomic E-state index is 0.217. The molecule has 0 amide bonds. The van der Waals surface area contributed by atoms with Crippen LogP contribution in [0.2, 0.25) is 0 Å². The molecule has 3 rings (SSSR count). The van der Waals surface area contributed by atoms with Gasteiger partial charge >= 0.3 is 0 Å². The quantitative estimate of drug-likeness (QED) is 0.820. The summed E-state index contributed by atoms with van der Waals surface area (Å²) in [5, 5.41) is 0. The Kier molecular flexibility index (Phi) is 3.91. The third-order valence-electron chi connectivity index (χ3n) is 4.20.